The Hall–Kier alpha value is -1.62. The van der Waals surface area contributed by atoms with Gasteiger partial charge in [0.2, 0.25) is 0 Å². The highest BCUT2D eigenvalue weighted by atomic mass is 32.2. The first kappa shape index (κ1) is 11.9. The van der Waals surface area contributed by atoms with Gasteiger partial charge in [0.05, 0.1) is 7.11 Å². The van der Waals surface area contributed by atoms with Crippen LogP contribution in [0.3, 0.4) is 0 Å². The van der Waals surface area contributed by atoms with Gasteiger partial charge >= 0.3 is 0 Å². The molecule has 0 saturated carbocycles. The SMILES string of the molecule is COc1ccc(N)cc1CSc1nccn1C. The van der Waals surface area contributed by atoms with E-state index in [0.717, 1.165) is 27.9 Å². The average molecular weight is 249 g/mol. The van der Waals surface area contributed by atoms with E-state index in [1.165, 1.54) is 0 Å². The van der Waals surface area contributed by atoms with E-state index in [0.29, 0.717) is 0 Å². The van der Waals surface area contributed by atoms with Gasteiger partial charge in [-0.2, -0.15) is 0 Å². The fourth-order valence-electron chi connectivity index (χ4n) is 1.54. The number of anilines is 1. The standard InChI is InChI=1S/C12H15N3OS/c1-15-6-5-14-12(15)17-8-9-7-10(13)3-4-11(9)16-2/h3-7H,8,13H2,1-2H3. The first-order valence-electron chi connectivity index (χ1n) is 5.23. The predicted molar refractivity (Wildman–Crippen MR) is 70.2 cm³/mol. The van der Waals surface area contributed by atoms with E-state index in [2.05, 4.69) is 4.98 Å². The number of benzene rings is 1. The van der Waals surface area contributed by atoms with Gasteiger partial charge in [-0.3, -0.25) is 0 Å². The van der Waals surface area contributed by atoms with Crippen molar-refractivity contribution in [2.45, 2.75) is 10.9 Å². The molecule has 0 bridgehead atoms. The first-order chi connectivity index (χ1) is 8.20. The molecule has 90 valence electrons. The maximum atomic E-state index is 5.78. The van der Waals surface area contributed by atoms with Crippen LogP contribution in [0.2, 0.25) is 0 Å². The summed E-state index contributed by atoms with van der Waals surface area (Å²) in [6.45, 7) is 0. The van der Waals surface area contributed by atoms with Gasteiger partial charge in [0.1, 0.15) is 5.75 Å². The fraction of sp³-hybridized carbons (Fsp3) is 0.250. The van der Waals surface area contributed by atoms with Crippen molar-refractivity contribution >= 4 is 17.4 Å². The Morgan fingerprint density at radius 2 is 2.29 bits per heavy atom. The number of aromatic nitrogens is 2. The van der Waals surface area contributed by atoms with Crippen molar-refractivity contribution in [2.24, 2.45) is 7.05 Å². The van der Waals surface area contributed by atoms with Crippen molar-refractivity contribution in [1.29, 1.82) is 0 Å². The Balaban J connectivity index is 2.13. The van der Waals surface area contributed by atoms with E-state index >= 15 is 0 Å². The van der Waals surface area contributed by atoms with Crippen LogP contribution in [0, 0.1) is 0 Å². The van der Waals surface area contributed by atoms with E-state index in [1.54, 1.807) is 25.1 Å². The zero-order valence-electron chi connectivity index (χ0n) is 9.88. The molecule has 0 aliphatic heterocycles. The molecule has 5 heteroatoms. The summed E-state index contributed by atoms with van der Waals surface area (Å²) < 4.78 is 7.29. The largest absolute Gasteiger partial charge is 0.496 e. The van der Waals surface area contributed by atoms with Gasteiger partial charge in [0.15, 0.2) is 5.16 Å². The summed E-state index contributed by atoms with van der Waals surface area (Å²) >= 11 is 1.66. The zero-order valence-corrected chi connectivity index (χ0v) is 10.7. The number of methoxy groups -OCH3 is 1. The van der Waals surface area contributed by atoms with E-state index in [-0.39, 0.29) is 0 Å². The van der Waals surface area contributed by atoms with Gasteiger partial charge in [-0.1, -0.05) is 11.8 Å². The Morgan fingerprint density at radius 3 is 2.94 bits per heavy atom. The molecule has 1 aromatic heterocycles. The molecule has 2 N–H and O–H groups in total. The molecule has 0 unspecified atom stereocenters. The number of rotatable bonds is 4. The quantitative estimate of drug-likeness (QED) is 0.667. The maximum Gasteiger partial charge on any atom is 0.167 e. The Labute approximate surface area is 105 Å². The molecule has 0 aliphatic rings. The fourth-order valence-corrected chi connectivity index (χ4v) is 2.45. The third-order valence-electron chi connectivity index (χ3n) is 2.44. The average Bonchev–Trinajstić information content (AvgIpc) is 2.72. The van der Waals surface area contributed by atoms with Crippen LogP contribution < -0.4 is 10.5 Å². The topological polar surface area (TPSA) is 53.1 Å². The lowest BCUT2D eigenvalue weighted by Gasteiger charge is -2.08. The molecular weight excluding hydrogens is 234 g/mol. The normalized spacial score (nSPS) is 10.5. The summed E-state index contributed by atoms with van der Waals surface area (Å²) in [4.78, 5) is 4.26. The first-order valence-corrected chi connectivity index (χ1v) is 6.22. The number of nitrogen functional groups attached to an aromatic ring is 1. The number of nitrogens with zero attached hydrogens (tertiary/aromatic N) is 2. The monoisotopic (exact) mass is 249 g/mol. The molecule has 0 atom stereocenters. The molecular formula is C12H15N3OS. The van der Waals surface area contributed by atoms with Crippen LogP contribution in [0.4, 0.5) is 5.69 Å². The molecule has 0 aliphatic carbocycles. The summed E-state index contributed by atoms with van der Waals surface area (Å²) in [7, 11) is 3.65. The number of hydrogen-bond acceptors (Lipinski definition) is 4. The van der Waals surface area contributed by atoms with E-state index in [1.807, 2.05) is 36.0 Å². The molecule has 2 rings (SSSR count). The number of hydrogen-bond donors (Lipinski definition) is 1. The minimum atomic E-state index is 0.751. The Morgan fingerprint density at radius 1 is 1.47 bits per heavy atom. The lowest BCUT2D eigenvalue weighted by atomic mass is 10.2. The summed E-state index contributed by atoms with van der Waals surface area (Å²) in [5, 5.41) is 0.981. The van der Waals surface area contributed by atoms with Crippen LogP contribution in [0.5, 0.6) is 5.75 Å². The van der Waals surface area contributed by atoms with Crippen LogP contribution >= 0.6 is 11.8 Å². The third kappa shape index (κ3) is 2.74. The predicted octanol–water partition coefficient (Wildman–Crippen LogP) is 2.30. The molecule has 0 spiro atoms. The summed E-state index contributed by atoms with van der Waals surface area (Å²) in [5.41, 5.74) is 7.61. The Kier molecular flexibility index (Phi) is 3.58. The van der Waals surface area contributed by atoms with Gasteiger partial charge in [0, 0.05) is 36.4 Å². The van der Waals surface area contributed by atoms with E-state index < -0.39 is 0 Å². The number of imidazole rings is 1. The second-order valence-corrected chi connectivity index (χ2v) is 4.62. The van der Waals surface area contributed by atoms with Crippen LogP contribution in [0.25, 0.3) is 0 Å². The minimum absolute atomic E-state index is 0.751. The van der Waals surface area contributed by atoms with E-state index in [4.69, 9.17) is 10.5 Å². The highest BCUT2D eigenvalue weighted by Crippen LogP contribution is 2.28. The number of ether oxygens (including phenoxy) is 1. The number of thioether (sulfide) groups is 1. The molecule has 0 saturated heterocycles. The van der Waals surface area contributed by atoms with Crippen molar-refractivity contribution in [3.63, 3.8) is 0 Å². The second-order valence-electron chi connectivity index (χ2n) is 3.68. The van der Waals surface area contributed by atoms with Crippen LogP contribution in [0.1, 0.15) is 5.56 Å². The second kappa shape index (κ2) is 5.14. The summed E-state index contributed by atoms with van der Waals surface area (Å²) in [6, 6.07) is 5.67. The third-order valence-corrected chi connectivity index (χ3v) is 3.55. The zero-order chi connectivity index (χ0) is 12.3. The molecule has 1 heterocycles. The van der Waals surface area contributed by atoms with Crippen LogP contribution in [-0.4, -0.2) is 16.7 Å². The van der Waals surface area contributed by atoms with Gasteiger partial charge in [0.25, 0.3) is 0 Å². The highest BCUT2D eigenvalue weighted by molar-refractivity contribution is 7.98. The van der Waals surface area contributed by atoms with Crippen molar-refractivity contribution in [1.82, 2.24) is 9.55 Å². The minimum Gasteiger partial charge on any atom is -0.496 e. The van der Waals surface area contributed by atoms with Crippen LogP contribution in [0.15, 0.2) is 35.7 Å². The lowest BCUT2D eigenvalue weighted by Crippen LogP contribution is -1.95. The molecule has 0 radical (unpaired) electrons. The van der Waals surface area contributed by atoms with Crippen molar-refractivity contribution in [3.8, 4) is 5.75 Å². The van der Waals surface area contributed by atoms with Gasteiger partial charge in [-0.25, -0.2) is 4.98 Å². The molecule has 0 fully saturated rings. The lowest BCUT2D eigenvalue weighted by molar-refractivity contribution is 0.411. The molecule has 2 aromatic rings. The van der Waals surface area contributed by atoms with Crippen molar-refractivity contribution in [3.05, 3.63) is 36.2 Å². The van der Waals surface area contributed by atoms with Crippen LogP contribution in [-0.2, 0) is 12.8 Å². The molecule has 0 amide bonds. The molecule has 1 aromatic carbocycles. The highest BCUT2D eigenvalue weighted by Gasteiger charge is 2.06. The van der Waals surface area contributed by atoms with Gasteiger partial charge in [-0.05, 0) is 18.2 Å². The maximum absolute atomic E-state index is 5.78. The van der Waals surface area contributed by atoms with Crippen molar-refractivity contribution < 1.29 is 4.74 Å². The molecule has 4 nitrogen and oxygen atoms in total. The van der Waals surface area contributed by atoms with Gasteiger partial charge in [-0.15, -0.1) is 0 Å². The van der Waals surface area contributed by atoms with Crippen molar-refractivity contribution in [2.75, 3.05) is 12.8 Å². The number of aryl methyl sites for hydroxylation is 1. The summed E-state index contributed by atoms with van der Waals surface area (Å²) in [5.74, 6) is 1.65. The summed E-state index contributed by atoms with van der Waals surface area (Å²) in [6.07, 6.45) is 3.72. The number of nitrogens with two attached hydrogens (primary N) is 1. The Bertz CT molecular complexity index is 510. The van der Waals surface area contributed by atoms with Gasteiger partial charge < -0.3 is 15.0 Å². The smallest absolute Gasteiger partial charge is 0.167 e. The van der Waals surface area contributed by atoms with E-state index in [9.17, 15) is 0 Å². The molecule has 17 heavy (non-hydrogen) atoms.